The fourth-order valence-corrected chi connectivity index (χ4v) is 1.95. The highest BCUT2D eigenvalue weighted by Crippen LogP contribution is 2.35. The average molecular weight is 283 g/mol. The van der Waals surface area contributed by atoms with Crippen molar-refractivity contribution in [2.45, 2.75) is 6.92 Å². The molecule has 0 aromatic heterocycles. The lowest BCUT2D eigenvalue weighted by atomic mass is 10.3. The number of halogens is 3. The van der Waals surface area contributed by atoms with Crippen molar-refractivity contribution < 1.29 is 9.57 Å². The van der Waals surface area contributed by atoms with E-state index >= 15 is 0 Å². The summed E-state index contributed by atoms with van der Waals surface area (Å²) in [6.07, 6.45) is 0. The predicted octanol–water partition coefficient (Wildman–Crippen LogP) is 4.05. The van der Waals surface area contributed by atoms with Crippen molar-refractivity contribution >= 4 is 40.5 Å². The molecule has 0 aliphatic carbocycles. The zero-order chi connectivity index (χ0) is 12.1. The van der Waals surface area contributed by atoms with Crippen LogP contribution in [-0.4, -0.2) is 19.4 Å². The molecule has 1 aromatic carbocycles. The smallest absolute Gasteiger partial charge is 0.157 e. The molecule has 88 valence electrons. The zero-order valence-electron chi connectivity index (χ0n) is 8.76. The Hall–Kier alpha value is -0.640. The maximum atomic E-state index is 5.93. The molecule has 3 nitrogen and oxygen atoms in total. The lowest BCUT2D eigenvalue weighted by molar-refractivity contribution is 0.209. The van der Waals surface area contributed by atoms with Crippen molar-refractivity contribution in [1.29, 1.82) is 0 Å². The summed E-state index contributed by atoms with van der Waals surface area (Å²) in [5.41, 5.74) is 0.671. The van der Waals surface area contributed by atoms with E-state index in [4.69, 9.17) is 39.5 Å². The Labute approximate surface area is 109 Å². The Morgan fingerprint density at radius 2 is 1.81 bits per heavy atom. The molecule has 0 saturated heterocycles. The van der Waals surface area contributed by atoms with Gasteiger partial charge in [-0.15, -0.1) is 0 Å². The number of ether oxygens (including phenoxy) is 1. The van der Waals surface area contributed by atoms with Gasteiger partial charge in [0.2, 0.25) is 0 Å². The SMILES string of the molecule is CO/N=C(\C)COc1c(Cl)cc(Cl)cc1Cl. The van der Waals surface area contributed by atoms with Crippen LogP contribution in [0.2, 0.25) is 15.1 Å². The second kappa shape index (κ2) is 6.18. The molecule has 0 radical (unpaired) electrons. The summed E-state index contributed by atoms with van der Waals surface area (Å²) in [4.78, 5) is 4.59. The molecule has 0 heterocycles. The number of oxime groups is 1. The third kappa shape index (κ3) is 3.74. The molecule has 6 heteroatoms. The van der Waals surface area contributed by atoms with Crippen LogP contribution in [0.3, 0.4) is 0 Å². The highest BCUT2D eigenvalue weighted by molar-refractivity contribution is 6.40. The largest absolute Gasteiger partial charge is 0.484 e. The average Bonchev–Trinajstić information content (AvgIpc) is 2.16. The molecule has 0 bridgehead atoms. The van der Waals surface area contributed by atoms with Crippen LogP contribution >= 0.6 is 34.8 Å². The molecule has 0 saturated carbocycles. The summed E-state index contributed by atoms with van der Waals surface area (Å²) in [5.74, 6) is 0.387. The van der Waals surface area contributed by atoms with Gasteiger partial charge in [0, 0.05) is 5.02 Å². The molecule has 0 aliphatic heterocycles. The highest BCUT2D eigenvalue weighted by atomic mass is 35.5. The van der Waals surface area contributed by atoms with Crippen molar-refractivity contribution in [1.82, 2.24) is 0 Å². The van der Waals surface area contributed by atoms with Crippen LogP contribution in [0.5, 0.6) is 5.75 Å². The number of nitrogens with zero attached hydrogens (tertiary/aromatic N) is 1. The fraction of sp³-hybridized carbons (Fsp3) is 0.300. The first kappa shape index (κ1) is 13.4. The summed E-state index contributed by atoms with van der Waals surface area (Å²) < 4.78 is 5.40. The van der Waals surface area contributed by atoms with Gasteiger partial charge >= 0.3 is 0 Å². The summed E-state index contributed by atoms with van der Waals surface area (Å²) in [6, 6.07) is 3.13. The van der Waals surface area contributed by atoms with Gasteiger partial charge in [0.05, 0.1) is 15.8 Å². The maximum Gasteiger partial charge on any atom is 0.157 e. The van der Waals surface area contributed by atoms with Crippen LogP contribution in [-0.2, 0) is 4.84 Å². The van der Waals surface area contributed by atoms with Gasteiger partial charge in [-0.05, 0) is 19.1 Å². The van der Waals surface area contributed by atoms with Gasteiger partial charge in [-0.2, -0.15) is 0 Å². The van der Waals surface area contributed by atoms with E-state index in [1.165, 1.54) is 7.11 Å². The molecule has 16 heavy (non-hydrogen) atoms. The fourth-order valence-electron chi connectivity index (χ4n) is 1.03. The highest BCUT2D eigenvalue weighted by Gasteiger charge is 2.09. The van der Waals surface area contributed by atoms with E-state index in [9.17, 15) is 0 Å². The molecular weight excluding hydrogens is 272 g/mol. The van der Waals surface area contributed by atoms with Crippen LogP contribution in [0, 0.1) is 0 Å². The molecule has 0 unspecified atom stereocenters. The van der Waals surface area contributed by atoms with E-state index in [2.05, 4.69) is 9.99 Å². The Morgan fingerprint density at radius 1 is 1.25 bits per heavy atom. The summed E-state index contributed by atoms with van der Waals surface area (Å²) in [7, 11) is 1.46. The van der Waals surface area contributed by atoms with Crippen molar-refractivity contribution in [3.8, 4) is 5.75 Å². The monoisotopic (exact) mass is 281 g/mol. The van der Waals surface area contributed by atoms with Gasteiger partial charge in [0.15, 0.2) is 5.75 Å². The number of hydrogen-bond donors (Lipinski definition) is 0. The summed E-state index contributed by atoms with van der Waals surface area (Å²) >= 11 is 17.6. The molecular formula is C10H10Cl3NO2. The summed E-state index contributed by atoms with van der Waals surface area (Å²) in [6.45, 7) is 2.01. The maximum absolute atomic E-state index is 5.93. The van der Waals surface area contributed by atoms with E-state index < -0.39 is 0 Å². The number of rotatable bonds is 4. The molecule has 0 N–H and O–H groups in total. The Balaban J connectivity index is 2.78. The van der Waals surface area contributed by atoms with Crippen LogP contribution in [0.1, 0.15) is 6.92 Å². The van der Waals surface area contributed by atoms with Gasteiger partial charge in [-0.3, -0.25) is 0 Å². The van der Waals surface area contributed by atoms with Crippen molar-refractivity contribution in [2.24, 2.45) is 5.16 Å². The first-order valence-electron chi connectivity index (χ1n) is 4.38. The first-order chi connectivity index (χ1) is 7.54. The molecule has 0 spiro atoms. The molecule has 0 atom stereocenters. The first-order valence-corrected chi connectivity index (χ1v) is 5.52. The minimum absolute atomic E-state index is 0.245. The van der Waals surface area contributed by atoms with Crippen LogP contribution in [0.4, 0.5) is 0 Å². The molecule has 0 aliphatic rings. The predicted molar refractivity (Wildman–Crippen MR) is 67.1 cm³/mol. The second-order valence-corrected chi connectivity index (χ2v) is 4.25. The van der Waals surface area contributed by atoms with E-state index in [-0.39, 0.29) is 6.61 Å². The molecule has 0 fully saturated rings. The van der Waals surface area contributed by atoms with Crippen LogP contribution < -0.4 is 4.74 Å². The van der Waals surface area contributed by atoms with Crippen molar-refractivity contribution in [3.63, 3.8) is 0 Å². The second-order valence-electron chi connectivity index (χ2n) is 3.00. The van der Waals surface area contributed by atoms with E-state index in [0.717, 1.165) is 0 Å². The van der Waals surface area contributed by atoms with Crippen molar-refractivity contribution in [3.05, 3.63) is 27.2 Å². The molecule has 1 aromatic rings. The van der Waals surface area contributed by atoms with Gasteiger partial charge in [-0.25, -0.2) is 0 Å². The molecule has 0 amide bonds. The van der Waals surface area contributed by atoms with Gasteiger partial charge < -0.3 is 9.57 Å². The Bertz CT molecular complexity index is 384. The van der Waals surface area contributed by atoms with Crippen molar-refractivity contribution in [2.75, 3.05) is 13.7 Å². The normalized spacial score (nSPS) is 11.4. The third-order valence-electron chi connectivity index (χ3n) is 1.64. The Morgan fingerprint density at radius 3 is 2.31 bits per heavy atom. The van der Waals surface area contributed by atoms with Crippen LogP contribution in [0.25, 0.3) is 0 Å². The minimum Gasteiger partial charge on any atom is -0.484 e. The van der Waals surface area contributed by atoms with Gasteiger partial charge in [-0.1, -0.05) is 40.0 Å². The lowest BCUT2D eigenvalue weighted by Crippen LogP contribution is -2.08. The number of hydrogen-bond acceptors (Lipinski definition) is 3. The van der Waals surface area contributed by atoms with Gasteiger partial charge in [0.25, 0.3) is 0 Å². The quantitative estimate of drug-likeness (QED) is 0.616. The third-order valence-corrected chi connectivity index (χ3v) is 2.42. The zero-order valence-corrected chi connectivity index (χ0v) is 11.0. The van der Waals surface area contributed by atoms with Gasteiger partial charge in [0.1, 0.15) is 13.7 Å². The lowest BCUT2D eigenvalue weighted by Gasteiger charge is -2.09. The van der Waals surface area contributed by atoms with Crippen LogP contribution in [0.15, 0.2) is 17.3 Å². The van der Waals surface area contributed by atoms with E-state index in [0.29, 0.717) is 26.5 Å². The topological polar surface area (TPSA) is 30.8 Å². The Kier molecular flexibility index (Phi) is 5.19. The standard InChI is InChI=1S/C10H10Cl3NO2/c1-6(14-15-2)5-16-10-8(12)3-7(11)4-9(10)13/h3-4H,5H2,1-2H3/b14-6+. The summed E-state index contributed by atoms with van der Waals surface area (Å²) in [5, 5.41) is 4.89. The van der Waals surface area contributed by atoms with E-state index in [1.54, 1.807) is 19.1 Å². The minimum atomic E-state index is 0.245. The number of benzene rings is 1. The van der Waals surface area contributed by atoms with E-state index in [1.807, 2.05) is 0 Å². The molecule has 1 rings (SSSR count).